The Morgan fingerprint density at radius 2 is 2.26 bits per heavy atom. The van der Waals surface area contributed by atoms with Gasteiger partial charge in [-0.1, -0.05) is 0 Å². The van der Waals surface area contributed by atoms with Gasteiger partial charge in [0.25, 0.3) is 5.91 Å². The van der Waals surface area contributed by atoms with Crippen LogP contribution in [0.1, 0.15) is 36.5 Å². The van der Waals surface area contributed by atoms with Crippen molar-refractivity contribution < 1.29 is 19.0 Å². The molecule has 7 heteroatoms. The van der Waals surface area contributed by atoms with E-state index in [1.807, 2.05) is 6.92 Å². The summed E-state index contributed by atoms with van der Waals surface area (Å²) in [5.41, 5.74) is 0.469. The first kappa shape index (κ1) is 16.3. The number of methoxy groups -OCH3 is 1. The molecule has 1 saturated carbocycles. The lowest BCUT2D eigenvalue weighted by molar-refractivity contribution is -0.170. The molecule has 23 heavy (non-hydrogen) atoms. The molecule has 0 bridgehead atoms. The second-order valence-electron chi connectivity index (χ2n) is 6.24. The maximum absolute atomic E-state index is 12.6. The summed E-state index contributed by atoms with van der Waals surface area (Å²) in [5, 5.41) is 7.26. The number of hydrogen-bond acceptors (Lipinski definition) is 5. The quantitative estimate of drug-likeness (QED) is 0.879. The summed E-state index contributed by atoms with van der Waals surface area (Å²) in [7, 11) is 3.30. The van der Waals surface area contributed by atoms with E-state index in [4.69, 9.17) is 14.2 Å². The molecule has 1 N–H and O–H groups in total. The first-order valence-corrected chi connectivity index (χ1v) is 8.18. The van der Waals surface area contributed by atoms with E-state index < -0.39 is 0 Å². The van der Waals surface area contributed by atoms with Crippen molar-refractivity contribution in [2.75, 3.05) is 26.9 Å². The fraction of sp³-hybridized carbons (Fsp3) is 0.750. The Morgan fingerprint density at radius 3 is 2.91 bits per heavy atom. The van der Waals surface area contributed by atoms with Crippen LogP contribution in [-0.2, 0) is 16.5 Å². The Kier molecular flexibility index (Phi) is 4.59. The maximum Gasteiger partial charge on any atom is 0.258 e. The van der Waals surface area contributed by atoms with Gasteiger partial charge in [0, 0.05) is 38.3 Å². The molecule has 128 valence electrons. The van der Waals surface area contributed by atoms with Gasteiger partial charge in [-0.25, -0.2) is 4.68 Å². The SMILES string of the molecule is CCO[C@@H]1C[C@@H](NC(=O)c2cnn(C)c2OC)C12CCOCC2. The van der Waals surface area contributed by atoms with Crippen LogP contribution in [0.25, 0.3) is 0 Å². The van der Waals surface area contributed by atoms with Crippen molar-refractivity contribution in [3.63, 3.8) is 0 Å². The minimum atomic E-state index is -0.138. The van der Waals surface area contributed by atoms with Crippen LogP contribution >= 0.6 is 0 Å². The molecule has 1 aliphatic heterocycles. The molecule has 1 aromatic rings. The third-order valence-corrected chi connectivity index (χ3v) is 5.20. The van der Waals surface area contributed by atoms with Gasteiger partial charge >= 0.3 is 0 Å². The smallest absolute Gasteiger partial charge is 0.258 e. The standard InChI is InChI=1S/C16H25N3O4/c1-4-23-13-9-12(16(13)5-7-22-8-6-16)18-14(20)11-10-17-19(2)15(11)21-3/h10,12-13H,4-9H2,1-3H3,(H,18,20)/t12-,13-/m1/s1. The second kappa shape index (κ2) is 6.49. The summed E-state index contributed by atoms with van der Waals surface area (Å²) in [6.45, 7) is 4.17. The molecule has 0 unspecified atom stereocenters. The number of amides is 1. The van der Waals surface area contributed by atoms with Crippen LogP contribution in [0.2, 0.25) is 0 Å². The number of aromatic nitrogens is 2. The molecule has 2 atom stereocenters. The van der Waals surface area contributed by atoms with E-state index in [0.717, 1.165) is 32.5 Å². The maximum atomic E-state index is 12.6. The zero-order valence-electron chi connectivity index (χ0n) is 14.0. The molecule has 1 amide bonds. The van der Waals surface area contributed by atoms with Crippen molar-refractivity contribution in [3.8, 4) is 5.88 Å². The number of rotatable bonds is 5. The van der Waals surface area contributed by atoms with E-state index in [0.29, 0.717) is 18.1 Å². The number of carbonyl (C=O) groups excluding carboxylic acids is 1. The summed E-state index contributed by atoms with van der Waals surface area (Å²) < 4.78 is 18.2. The molecule has 7 nitrogen and oxygen atoms in total. The number of hydrogen-bond donors (Lipinski definition) is 1. The average Bonchev–Trinajstić information content (AvgIpc) is 2.95. The number of aryl methyl sites for hydroxylation is 1. The van der Waals surface area contributed by atoms with Crippen molar-refractivity contribution in [3.05, 3.63) is 11.8 Å². The Morgan fingerprint density at radius 1 is 1.52 bits per heavy atom. The Balaban J connectivity index is 1.73. The topological polar surface area (TPSA) is 74.6 Å². The lowest BCUT2D eigenvalue weighted by atomic mass is 9.57. The summed E-state index contributed by atoms with van der Waals surface area (Å²) >= 11 is 0. The van der Waals surface area contributed by atoms with Gasteiger partial charge in [0.1, 0.15) is 5.56 Å². The molecular weight excluding hydrogens is 298 g/mol. The normalized spacial score (nSPS) is 25.9. The Labute approximate surface area is 136 Å². The number of nitrogens with zero attached hydrogens (tertiary/aromatic N) is 2. The minimum Gasteiger partial charge on any atom is -0.481 e. The van der Waals surface area contributed by atoms with E-state index in [1.165, 1.54) is 0 Å². The van der Waals surface area contributed by atoms with Crippen LogP contribution in [0, 0.1) is 5.41 Å². The first-order valence-electron chi connectivity index (χ1n) is 8.18. The lowest BCUT2D eigenvalue weighted by Crippen LogP contribution is -2.66. The lowest BCUT2D eigenvalue weighted by Gasteiger charge is -2.57. The zero-order chi connectivity index (χ0) is 16.4. The van der Waals surface area contributed by atoms with Crippen molar-refractivity contribution in [2.45, 2.75) is 38.3 Å². The van der Waals surface area contributed by atoms with Gasteiger partial charge in [-0.05, 0) is 26.2 Å². The van der Waals surface area contributed by atoms with Crippen molar-refractivity contribution in [2.24, 2.45) is 12.5 Å². The van der Waals surface area contributed by atoms with E-state index in [2.05, 4.69) is 10.4 Å². The minimum absolute atomic E-state index is 0.000631. The van der Waals surface area contributed by atoms with E-state index in [9.17, 15) is 4.79 Å². The van der Waals surface area contributed by atoms with Crippen LogP contribution in [0.5, 0.6) is 5.88 Å². The van der Waals surface area contributed by atoms with Gasteiger partial charge in [0.2, 0.25) is 5.88 Å². The molecule has 1 aromatic heterocycles. The largest absolute Gasteiger partial charge is 0.481 e. The predicted molar refractivity (Wildman–Crippen MR) is 83.5 cm³/mol. The van der Waals surface area contributed by atoms with Gasteiger partial charge in [0.15, 0.2) is 0 Å². The summed E-state index contributed by atoms with van der Waals surface area (Å²) in [5.74, 6) is 0.338. The monoisotopic (exact) mass is 323 g/mol. The van der Waals surface area contributed by atoms with Crippen molar-refractivity contribution in [1.82, 2.24) is 15.1 Å². The van der Waals surface area contributed by atoms with E-state index in [-0.39, 0.29) is 23.5 Å². The van der Waals surface area contributed by atoms with Gasteiger partial charge < -0.3 is 19.5 Å². The molecule has 1 saturated heterocycles. The molecule has 2 aliphatic rings. The van der Waals surface area contributed by atoms with Gasteiger partial charge in [-0.3, -0.25) is 4.79 Å². The molecule has 3 rings (SSSR count). The third kappa shape index (κ3) is 2.72. The van der Waals surface area contributed by atoms with Crippen LogP contribution in [0.15, 0.2) is 6.20 Å². The first-order chi connectivity index (χ1) is 11.1. The van der Waals surface area contributed by atoms with Gasteiger partial charge in [-0.2, -0.15) is 5.10 Å². The highest BCUT2D eigenvalue weighted by Gasteiger charge is 2.56. The Bertz CT molecular complexity index is 566. The van der Waals surface area contributed by atoms with Gasteiger partial charge in [-0.15, -0.1) is 0 Å². The molecule has 1 spiro atoms. The fourth-order valence-electron chi connectivity index (χ4n) is 3.87. The highest BCUT2D eigenvalue weighted by atomic mass is 16.5. The van der Waals surface area contributed by atoms with Crippen molar-refractivity contribution >= 4 is 5.91 Å². The number of carbonyl (C=O) groups is 1. The molecule has 0 radical (unpaired) electrons. The highest BCUT2D eigenvalue weighted by Crippen LogP contribution is 2.50. The molecule has 1 aliphatic carbocycles. The second-order valence-corrected chi connectivity index (χ2v) is 6.24. The molecular formula is C16H25N3O4. The van der Waals surface area contributed by atoms with Crippen LogP contribution < -0.4 is 10.1 Å². The summed E-state index contributed by atoms with van der Waals surface area (Å²) in [6.07, 6.45) is 4.45. The van der Waals surface area contributed by atoms with Crippen molar-refractivity contribution in [1.29, 1.82) is 0 Å². The third-order valence-electron chi connectivity index (χ3n) is 5.20. The predicted octanol–water partition coefficient (Wildman–Crippen LogP) is 1.13. The Hall–Kier alpha value is -1.60. The number of ether oxygens (including phenoxy) is 3. The van der Waals surface area contributed by atoms with Crippen LogP contribution in [0.4, 0.5) is 0 Å². The molecule has 0 aromatic carbocycles. The van der Waals surface area contributed by atoms with E-state index >= 15 is 0 Å². The van der Waals surface area contributed by atoms with Crippen LogP contribution in [0.3, 0.4) is 0 Å². The van der Waals surface area contributed by atoms with E-state index in [1.54, 1.807) is 25.0 Å². The highest BCUT2D eigenvalue weighted by molar-refractivity contribution is 5.96. The molecule has 2 fully saturated rings. The zero-order valence-corrected chi connectivity index (χ0v) is 14.0. The molecule has 2 heterocycles. The summed E-state index contributed by atoms with van der Waals surface area (Å²) in [6, 6.07) is 0.111. The summed E-state index contributed by atoms with van der Waals surface area (Å²) in [4.78, 5) is 12.6. The van der Waals surface area contributed by atoms with Gasteiger partial charge in [0.05, 0.1) is 19.4 Å². The van der Waals surface area contributed by atoms with Crippen LogP contribution in [-0.4, -0.2) is 54.8 Å². The fourth-order valence-corrected chi connectivity index (χ4v) is 3.87. The number of nitrogens with one attached hydrogen (secondary N) is 1. The average molecular weight is 323 g/mol.